The predicted molar refractivity (Wildman–Crippen MR) is 83.7 cm³/mol. The number of carbonyl (C=O) groups excluding carboxylic acids is 1. The van der Waals surface area contributed by atoms with Crippen molar-refractivity contribution >= 4 is 11.6 Å². The standard InChI is InChI=1S/C17H26N2O/c1-2-3-6-14-7-9-15(10-8-14)19-16(20)13-17(18)11-4-5-12-17/h7-10H,2-6,11-13,18H2,1H3,(H,19,20). The summed E-state index contributed by atoms with van der Waals surface area (Å²) < 4.78 is 0. The van der Waals surface area contributed by atoms with Crippen LogP contribution in [0, 0.1) is 0 Å². The van der Waals surface area contributed by atoms with Crippen molar-refractivity contribution in [3.8, 4) is 0 Å². The van der Waals surface area contributed by atoms with E-state index in [2.05, 4.69) is 24.4 Å². The van der Waals surface area contributed by atoms with Crippen molar-refractivity contribution in [2.45, 2.75) is 63.8 Å². The molecule has 0 heterocycles. The maximum atomic E-state index is 12.0. The van der Waals surface area contributed by atoms with E-state index in [1.165, 1.54) is 18.4 Å². The third-order valence-electron chi connectivity index (χ3n) is 4.17. The molecule has 2 rings (SSSR count). The molecule has 0 atom stereocenters. The quantitative estimate of drug-likeness (QED) is 0.832. The van der Waals surface area contributed by atoms with Crippen LogP contribution in [-0.2, 0) is 11.2 Å². The van der Waals surface area contributed by atoms with Gasteiger partial charge in [0, 0.05) is 17.6 Å². The number of carbonyl (C=O) groups is 1. The van der Waals surface area contributed by atoms with E-state index in [-0.39, 0.29) is 11.4 Å². The zero-order valence-corrected chi connectivity index (χ0v) is 12.5. The summed E-state index contributed by atoms with van der Waals surface area (Å²) in [6.45, 7) is 2.19. The zero-order chi connectivity index (χ0) is 14.4. The van der Waals surface area contributed by atoms with Gasteiger partial charge in [-0.25, -0.2) is 0 Å². The molecule has 1 fully saturated rings. The van der Waals surface area contributed by atoms with E-state index < -0.39 is 0 Å². The van der Waals surface area contributed by atoms with Crippen LogP contribution in [0.25, 0.3) is 0 Å². The largest absolute Gasteiger partial charge is 0.326 e. The second-order valence-corrected chi connectivity index (χ2v) is 6.09. The van der Waals surface area contributed by atoms with E-state index in [1.54, 1.807) is 0 Å². The Balaban J connectivity index is 1.84. The third-order valence-corrected chi connectivity index (χ3v) is 4.17. The van der Waals surface area contributed by atoms with E-state index in [0.717, 1.165) is 37.8 Å². The molecule has 1 aromatic carbocycles. The van der Waals surface area contributed by atoms with Gasteiger partial charge >= 0.3 is 0 Å². The summed E-state index contributed by atoms with van der Waals surface area (Å²) in [6, 6.07) is 8.17. The molecule has 3 N–H and O–H groups in total. The molecular weight excluding hydrogens is 248 g/mol. The first kappa shape index (κ1) is 15.0. The highest BCUT2D eigenvalue weighted by Crippen LogP contribution is 2.30. The lowest BCUT2D eigenvalue weighted by Gasteiger charge is -2.22. The van der Waals surface area contributed by atoms with Crippen LogP contribution in [0.15, 0.2) is 24.3 Å². The predicted octanol–water partition coefficient (Wildman–Crippen LogP) is 3.63. The molecular formula is C17H26N2O. The van der Waals surface area contributed by atoms with Crippen LogP contribution in [0.2, 0.25) is 0 Å². The van der Waals surface area contributed by atoms with Gasteiger partial charge in [0.1, 0.15) is 0 Å². The fraction of sp³-hybridized carbons (Fsp3) is 0.588. The highest BCUT2D eigenvalue weighted by molar-refractivity contribution is 5.91. The lowest BCUT2D eigenvalue weighted by Crippen LogP contribution is -2.40. The van der Waals surface area contributed by atoms with Crippen molar-refractivity contribution in [2.24, 2.45) is 5.73 Å². The van der Waals surface area contributed by atoms with Crippen molar-refractivity contribution in [3.63, 3.8) is 0 Å². The Morgan fingerprint density at radius 3 is 2.50 bits per heavy atom. The van der Waals surface area contributed by atoms with E-state index in [9.17, 15) is 4.79 Å². The molecule has 1 aliphatic rings. The number of nitrogens with one attached hydrogen (secondary N) is 1. The van der Waals surface area contributed by atoms with Crippen molar-refractivity contribution in [2.75, 3.05) is 5.32 Å². The highest BCUT2D eigenvalue weighted by atomic mass is 16.1. The lowest BCUT2D eigenvalue weighted by atomic mass is 9.94. The maximum Gasteiger partial charge on any atom is 0.226 e. The third kappa shape index (κ3) is 4.34. The van der Waals surface area contributed by atoms with Gasteiger partial charge in [0.05, 0.1) is 0 Å². The molecule has 1 aromatic rings. The molecule has 0 radical (unpaired) electrons. The second-order valence-electron chi connectivity index (χ2n) is 6.09. The van der Waals surface area contributed by atoms with Crippen LogP contribution in [0.5, 0.6) is 0 Å². The Morgan fingerprint density at radius 2 is 1.90 bits per heavy atom. The molecule has 0 unspecified atom stereocenters. The Hall–Kier alpha value is -1.35. The van der Waals surface area contributed by atoms with Crippen LogP contribution in [-0.4, -0.2) is 11.4 Å². The van der Waals surface area contributed by atoms with Crippen molar-refractivity contribution < 1.29 is 4.79 Å². The van der Waals surface area contributed by atoms with E-state index >= 15 is 0 Å². The Bertz CT molecular complexity index is 433. The van der Waals surface area contributed by atoms with Crippen molar-refractivity contribution in [1.82, 2.24) is 0 Å². The number of rotatable bonds is 6. The topological polar surface area (TPSA) is 55.1 Å². The first-order valence-corrected chi connectivity index (χ1v) is 7.79. The molecule has 1 amide bonds. The number of unbranched alkanes of at least 4 members (excludes halogenated alkanes) is 1. The first-order chi connectivity index (χ1) is 9.61. The van der Waals surface area contributed by atoms with Crippen LogP contribution < -0.4 is 11.1 Å². The number of benzene rings is 1. The minimum Gasteiger partial charge on any atom is -0.326 e. The Morgan fingerprint density at radius 1 is 1.25 bits per heavy atom. The fourth-order valence-electron chi connectivity index (χ4n) is 2.92. The number of anilines is 1. The van der Waals surface area contributed by atoms with Crippen LogP contribution in [0.4, 0.5) is 5.69 Å². The SMILES string of the molecule is CCCCc1ccc(NC(=O)CC2(N)CCCC2)cc1. The summed E-state index contributed by atoms with van der Waals surface area (Å²) in [5.41, 5.74) is 8.16. The van der Waals surface area contributed by atoms with E-state index in [0.29, 0.717) is 6.42 Å². The average molecular weight is 274 g/mol. The molecule has 0 saturated heterocycles. The average Bonchev–Trinajstić information content (AvgIpc) is 2.84. The fourth-order valence-corrected chi connectivity index (χ4v) is 2.92. The molecule has 1 saturated carbocycles. The van der Waals surface area contributed by atoms with Gasteiger partial charge in [-0.1, -0.05) is 38.3 Å². The number of hydrogen-bond donors (Lipinski definition) is 2. The van der Waals surface area contributed by atoms with Crippen molar-refractivity contribution in [1.29, 1.82) is 0 Å². The number of nitrogens with two attached hydrogens (primary N) is 1. The molecule has 1 aliphatic carbocycles. The number of amides is 1. The minimum absolute atomic E-state index is 0.0377. The Kier molecular flexibility index (Phi) is 5.18. The summed E-state index contributed by atoms with van der Waals surface area (Å²) in [5, 5.41) is 2.96. The lowest BCUT2D eigenvalue weighted by molar-refractivity contribution is -0.117. The van der Waals surface area contributed by atoms with Gasteiger partial charge in [0.15, 0.2) is 0 Å². The van der Waals surface area contributed by atoms with Crippen LogP contribution in [0.3, 0.4) is 0 Å². The summed E-state index contributed by atoms with van der Waals surface area (Å²) in [5.74, 6) is 0.0377. The van der Waals surface area contributed by atoms with Crippen LogP contribution in [0.1, 0.15) is 57.4 Å². The minimum atomic E-state index is -0.273. The molecule has 0 bridgehead atoms. The Labute approximate surface area is 121 Å². The van der Waals surface area contributed by atoms with E-state index in [4.69, 9.17) is 5.73 Å². The van der Waals surface area contributed by atoms with Gasteiger partial charge in [-0.05, 0) is 43.4 Å². The molecule has 3 heteroatoms. The van der Waals surface area contributed by atoms with E-state index in [1.807, 2.05) is 12.1 Å². The zero-order valence-electron chi connectivity index (χ0n) is 12.5. The van der Waals surface area contributed by atoms with Gasteiger partial charge in [-0.15, -0.1) is 0 Å². The molecule has 0 aliphatic heterocycles. The molecule has 0 spiro atoms. The molecule has 20 heavy (non-hydrogen) atoms. The highest BCUT2D eigenvalue weighted by Gasteiger charge is 2.31. The van der Waals surface area contributed by atoms with Gasteiger partial charge < -0.3 is 11.1 Å². The van der Waals surface area contributed by atoms with Gasteiger partial charge in [0.2, 0.25) is 5.91 Å². The van der Waals surface area contributed by atoms with Gasteiger partial charge in [-0.3, -0.25) is 4.79 Å². The number of aryl methyl sites for hydroxylation is 1. The summed E-state index contributed by atoms with van der Waals surface area (Å²) in [6.07, 6.45) is 8.19. The van der Waals surface area contributed by atoms with Gasteiger partial charge in [-0.2, -0.15) is 0 Å². The molecule has 3 nitrogen and oxygen atoms in total. The first-order valence-electron chi connectivity index (χ1n) is 7.79. The number of hydrogen-bond acceptors (Lipinski definition) is 2. The van der Waals surface area contributed by atoms with Crippen molar-refractivity contribution in [3.05, 3.63) is 29.8 Å². The molecule has 110 valence electrons. The summed E-state index contributed by atoms with van der Waals surface area (Å²) in [4.78, 5) is 12.0. The monoisotopic (exact) mass is 274 g/mol. The smallest absolute Gasteiger partial charge is 0.226 e. The summed E-state index contributed by atoms with van der Waals surface area (Å²) in [7, 11) is 0. The summed E-state index contributed by atoms with van der Waals surface area (Å²) >= 11 is 0. The maximum absolute atomic E-state index is 12.0. The van der Waals surface area contributed by atoms with Crippen LogP contribution >= 0.6 is 0 Å². The molecule has 0 aromatic heterocycles. The normalized spacial score (nSPS) is 17.1. The second kappa shape index (κ2) is 6.89. The van der Waals surface area contributed by atoms with Gasteiger partial charge in [0.25, 0.3) is 0 Å².